The van der Waals surface area contributed by atoms with Crippen molar-refractivity contribution in [2.45, 2.75) is 32.0 Å². The molecule has 5 heteroatoms. The number of hydrogen-bond donors (Lipinski definition) is 1. The van der Waals surface area contributed by atoms with Gasteiger partial charge in [0.2, 0.25) is 0 Å². The molecule has 0 aromatic carbocycles. The number of anilines is 1. The van der Waals surface area contributed by atoms with Crippen molar-refractivity contribution in [3.63, 3.8) is 0 Å². The van der Waals surface area contributed by atoms with Crippen molar-refractivity contribution < 1.29 is 4.74 Å². The first kappa shape index (κ1) is 10.1. The first-order valence-corrected chi connectivity index (χ1v) is 5.87. The third-order valence-corrected chi connectivity index (χ3v) is 3.53. The molecule has 2 aliphatic heterocycles. The molecule has 1 saturated heterocycles. The van der Waals surface area contributed by atoms with E-state index >= 15 is 0 Å². The maximum atomic E-state index is 5.97. The number of nitrogens with two attached hydrogens (primary N) is 1. The second-order valence-electron chi connectivity index (χ2n) is 4.77. The van der Waals surface area contributed by atoms with Crippen LogP contribution in [-0.4, -0.2) is 34.9 Å². The summed E-state index contributed by atoms with van der Waals surface area (Å²) in [6.07, 6.45) is 2.11. The zero-order chi connectivity index (χ0) is 11.1. The smallest absolute Gasteiger partial charge is 0.150 e. The predicted octanol–water partition coefficient (Wildman–Crippen LogP) is 0.762. The van der Waals surface area contributed by atoms with Gasteiger partial charge in [-0.2, -0.15) is 5.10 Å². The Morgan fingerprint density at radius 2 is 2.06 bits per heavy atom. The van der Waals surface area contributed by atoms with Crippen LogP contribution < -0.4 is 5.73 Å². The molecule has 0 spiro atoms. The monoisotopic (exact) mass is 222 g/mol. The van der Waals surface area contributed by atoms with Crippen LogP contribution in [0.15, 0.2) is 0 Å². The zero-order valence-corrected chi connectivity index (χ0v) is 9.65. The second-order valence-corrected chi connectivity index (χ2v) is 4.77. The maximum absolute atomic E-state index is 5.97. The van der Waals surface area contributed by atoms with Gasteiger partial charge in [-0.15, -0.1) is 0 Å². The van der Waals surface area contributed by atoms with E-state index in [0.717, 1.165) is 39.1 Å². The summed E-state index contributed by atoms with van der Waals surface area (Å²) >= 11 is 0. The Bertz CT molecular complexity index is 395. The normalized spacial score (nSPS) is 22.6. The Morgan fingerprint density at radius 1 is 1.31 bits per heavy atom. The summed E-state index contributed by atoms with van der Waals surface area (Å²) in [6.45, 7) is 3.59. The van der Waals surface area contributed by atoms with Crippen LogP contribution in [0.4, 0.5) is 5.82 Å². The fourth-order valence-electron chi connectivity index (χ4n) is 2.68. The van der Waals surface area contributed by atoms with Crippen LogP contribution in [0.25, 0.3) is 0 Å². The van der Waals surface area contributed by atoms with Crippen LogP contribution >= 0.6 is 0 Å². The molecule has 2 aliphatic rings. The molecule has 2 N–H and O–H groups in total. The summed E-state index contributed by atoms with van der Waals surface area (Å²) in [5.41, 5.74) is 8.51. The van der Waals surface area contributed by atoms with Crippen LogP contribution in [-0.2, 0) is 17.8 Å². The van der Waals surface area contributed by atoms with Crippen LogP contribution in [0.3, 0.4) is 0 Å². The van der Waals surface area contributed by atoms with E-state index in [2.05, 4.69) is 21.7 Å². The van der Waals surface area contributed by atoms with Gasteiger partial charge in [-0.3, -0.25) is 9.58 Å². The van der Waals surface area contributed by atoms with E-state index in [-0.39, 0.29) is 0 Å². The van der Waals surface area contributed by atoms with Crippen molar-refractivity contribution >= 4 is 5.82 Å². The Kier molecular flexibility index (Phi) is 2.37. The molecule has 3 heterocycles. The minimum Gasteiger partial charge on any atom is -0.382 e. The molecule has 5 nitrogen and oxygen atoms in total. The summed E-state index contributed by atoms with van der Waals surface area (Å²) in [6, 6.07) is 0.478. The standard InChI is InChI=1S/C11H18N4O/c1-14-6-9-10(7-14)15(13-11(9)12)8-2-4-16-5-3-8/h8H,2-7H2,1H3,(H2,12,13). The highest BCUT2D eigenvalue weighted by molar-refractivity contribution is 5.44. The van der Waals surface area contributed by atoms with Gasteiger partial charge in [-0.1, -0.05) is 0 Å². The molecule has 0 radical (unpaired) electrons. The molecule has 1 aromatic heterocycles. The molecule has 1 aromatic rings. The van der Waals surface area contributed by atoms with Gasteiger partial charge in [-0.25, -0.2) is 0 Å². The molecule has 0 bridgehead atoms. The molecule has 0 aliphatic carbocycles. The van der Waals surface area contributed by atoms with Crippen LogP contribution in [0.2, 0.25) is 0 Å². The highest BCUT2D eigenvalue weighted by Crippen LogP contribution is 2.31. The topological polar surface area (TPSA) is 56.3 Å². The lowest BCUT2D eigenvalue weighted by molar-refractivity contribution is 0.0652. The van der Waals surface area contributed by atoms with Gasteiger partial charge in [0.15, 0.2) is 0 Å². The van der Waals surface area contributed by atoms with Gasteiger partial charge < -0.3 is 10.5 Å². The lowest BCUT2D eigenvalue weighted by atomic mass is 10.1. The first-order chi connectivity index (χ1) is 7.75. The lowest BCUT2D eigenvalue weighted by Gasteiger charge is -2.24. The third-order valence-electron chi connectivity index (χ3n) is 3.53. The molecule has 0 unspecified atom stereocenters. The number of hydrogen-bond acceptors (Lipinski definition) is 4. The van der Waals surface area contributed by atoms with Gasteiger partial charge in [0.05, 0.1) is 11.7 Å². The van der Waals surface area contributed by atoms with Gasteiger partial charge >= 0.3 is 0 Å². The summed E-state index contributed by atoms with van der Waals surface area (Å²) in [5.74, 6) is 0.714. The van der Waals surface area contributed by atoms with Gasteiger partial charge in [0.25, 0.3) is 0 Å². The number of rotatable bonds is 1. The number of nitrogens with zero attached hydrogens (tertiary/aromatic N) is 3. The molecular formula is C11H18N4O. The summed E-state index contributed by atoms with van der Waals surface area (Å²) in [5, 5.41) is 4.50. The molecular weight excluding hydrogens is 204 g/mol. The van der Waals surface area contributed by atoms with E-state index in [1.165, 1.54) is 11.3 Å². The molecule has 0 atom stereocenters. The number of nitrogen functional groups attached to an aromatic ring is 1. The number of ether oxygens (including phenoxy) is 1. The van der Waals surface area contributed by atoms with Gasteiger partial charge in [0.1, 0.15) is 5.82 Å². The van der Waals surface area contributed by atoms with E-state index in [9.17, 15) is 0 Å². The van der Waals surface area contributed by atoms with E-state index in [1.54, 1.807) is 0 Å². The van der Waals surface area contributed by atoms with Crippen LogP contribution in [0, 0.1) is 0 Å². The van der Waals surface area contributed by atoms with E-state index in [1.807, 2.05) is 0 Å². The SMILES string of the molecule is CN1Cc2c(N)nn(C3CCOCC3)c2C1. The van der Waals surface area contributed by atoms with Crippen molar-refractivity contribution in [3.8, 4) is 0 Å². The summed E-state index contributed by atoms with van der Waals surface area (Å²) < 4.78 is 7.54. The van der Waals surface area contributed by atoms with Gasteiger partial charge in [-0.05, 0) is 19.9 Å². The van der Waals surface area contributed by atoms with Crippen molar-refractivity contribution in [2.75, 3.05) is 26.0 Å². The molecule has 0 saturated carbocycles. The largest absolute Gasteiger partial charge is 0.382 e. The maximum Gasteiger partial charge on any atom is 0.150 e. The summed E-state index contributed by atoms with van der Waals surface area (Å²) in [7, 11) is 2.12. The van der Waals surface area contributed by atoms with E-state index < -0.39 is 0 Å². The van der Waals surface area contributed by atoms with Crippen LogP contribution in [0.5, 0.6) is 0 Å². The van der Waals surface area contributed by atoms with E-state index in [4.69, 9.17) is 10.5 Å². The second kappa shape index (κ2) is 3.75. The fourth-order valence-corrected chi connectivity index (χ4v) is 2.68. The number of aromatic nitrogens is 2. The molecule has 3 rings (SSSR count). The summed E-state index contributed by atoms with van der Waals surface area (Å²) in [4.78, 5) is 2.28. The highest BCUT2D eigenvalue weighted by Gasteiger charge is 2.28. The molecule has 88 valence electrons. The Hall–Kier alpha value is -1.07. The zero-order valence-electron chi connectivity index (χ0n) is 9.65. The number of fused-ring (bicyclic) bond motifs is 1. The van der Waals surface area contributed by atoms with Crippen molar-refractivity contribution in [2.24, 2.45) is 0 Å². The van der Waals surface area contributed by atoms with E-state index in [0.29, 0.717) is 11.9 Å². The minimum absolute atomic E-state index is 0.478. The Morgan fingerprint density at radius 3 is 2.81 bits per heavy atom. The van der Waals surface area contributed by atoms with Crippen molar-refractivity contribution in [1.82, 2.24) is 14.7 Å². The Balaban J connectivity index is 1.93. The minimum atomic E-state index is 0.478. The average Bonchev–Trinajstić information content (AvgIpc) is 2.80. The fraction of sp³-hybridized carbons (Fsp3) is 0.727. The Labute approximate surface area is 95.2 Å². The third kappa shape index (κ3) is 1.51. The first-order valence-electron chi connectivity index (χ1n) is 5.87. The molecule has 1 fully saturated rings. The lowest BCUT2D eigenvalue weighted by Crippen LogP contribution is -2.23. The predicted molar refractivity (Wildman–Crippen MR) is 60.9 cm³/mol. The van der Waals surface area contributed by atoms with Gasteiger partial charge in [0, 0.05) is 31.9 Å². The molecule has 16 heavy (non-hydrogen) atoms. The highest BCUT2D eigenvalue weighted by atomic mass is 16.5. The van der Waals surface area contributed by atoms with Crippen LogP contribution in [0.1, 0.15) is 30.1 Å². The van der Waals surface area contributed by atoms with Crippen molar-refractivity contribution in [1.29, 1.82) is 0 Å². The average molecular weight is 222 g/mol. The quantitative estimate of drug-likeness (QED) is 0.762. The van der Waals surface area contributed by atoms with Crippen molar-refractivity contribution in [3.05, 3.63) is 11.3 Å². The molecule has 0 amide bonds.